The fourth-order valence-electron chi connectivity index (χ4n) is 3.54. The predicted molar refractivity (Wildman–Crippen MR) is 134 cm³/mol. The molecule has 0 bridgehead atoms. The van der Waals surface area contributed by atoms with E-state index in [4.69, 9.17) is 21.3 Å². The number of ether oxygens (including phenoxy) is 1. The molecule has 0 atom stereocenters. The monoisotopic (exact) mass is 478 g/mol. The SMILES string of the molecule is CCOc1ccc(C(C)=O)cc1CSc1nc2cc(Cl)ccc2c(=O)n1Cc1ccccc1. The van der Waals surface area contributed by atoms with Crippen molar-refractivity contribution in [2.75, 3.05) is 6.61 Å². The maximum absolute atomic E-state index is 13.4. The number of hydrogen-bond acceptors (Lipinski definition) is 5. The van der Waals surface area contributed by atoms with E-state index in [1.807, 2.05) is 49.4 Å². The molecular formula is C26H23ClN2O3S. The quantitative estimate of drug-likeness (QED) is 0.177. The maximum Gasteiger partial charge on any atom is 0.262 e. The molecule has 1 heterocycles. The highest BCUT2D eigenvalue weighted by atomic mass is 35.5. The van der Waals surface area contributed by atoms with Gasteiger partial charge in [0, 0.05) is 21.9 Å². The van der Waals surface area contributed by atoms with Gasteiger partial charge in [-0.2, -0.15) is 0 Å². The molecule has 33 heavy (non-hydrogen) atoms. The number of nitrogens with zero attached hydrogens (tertiary/aromatic N) is 2. The lowest BCUT2D eigenvalue weighted by molar-refractivity contribution is 0.101. The molecule has 0 amide bonds. The summed E-state index contributed by atoms with van der Waals surface area (Å²) in [6.07, 6.45) is 0. The van der Waals surface area contributed by atoms with Crippen LogP contribution in [-0.4, -0.2) is 21.9 Å². The molecule has 0 aliphatic carbocycles. The van der Waals surface area contributed by atoms with Crippen LogP contribution < -0.4 is 10.3 Å². The molecule has 1 aromatic heterocycles. The third-order valence-electron chi connectivity index (χ3n) is 5.19. The Labute approximate surface area is 201 Å². The van der Waals surface area contributed by atoms with Crippen molar-refractivity contribution in [3.8, 4) is 5.75 Å². The maximum atomic E-state index is 13.4. The van der Waals surface area contributed by atoms with Gasteiger partial charge in [-0.3, -0.25) is 14.2 Å². The van der Waals surface area contributed by atoms with E-state index in [0.29, 0.717) is 45.5 Å². The average molecular weight is 479 g/mol. The molecule has 5 nitrogen and oxygen atoms in total. The Balaban J connectivity index is 1.76. The molecule has 0 spiro atoms. The Morgan fingerprint density at radius 3 is 2.61 bits per heavy atom. The van der Waals surface area contributed by atoms with Crippen molar-refractivity contribution in [2.24, 2.45) is 0 Å². The van der Waals surface area contributed by atoms with E-state index in [-0.39, 0.29) is 11.3 Å². The van der Waals surface area contributed by atoms with E-state index in [9.17, 15) is 9.59 Å². The zero-order valence-electron chi connectivity index (χ0n) is 18.4. The average Bonchev–Trinajstić information content (AvgIpc) is 2.81. The Hall–Kier alpha value is -3.09. The number of carbonyl (C=O) groups is 1. The largest absolute Gasteiger partial charge is 0.494 e. The van der Waals surface area contributed by atoms with Gasteiger partial charge in [-0.25, -0.2) is 4.98 Å². The van der Waals surface area contributed by atoms with Crippen LogP contribution in [0.15, 0.2) is 76.7 Å². The van der Waals surface area contributed by atoms with Gasteiger partial charge in [-0.1, -0.05) is 53.7 Å². The first-order chi connectivity index (χ1) is 16.0. The second-order valence-corrected chi connectivity index (χ2v) is 8.91. The van der Waals surface area contributed by atoms with Crippen LogP contribution in [0.1, 0.15) is 35.3 Å². The molecule has 4 aromatic rings. The van der Waals surface area contributed by atoms with Gasteiger partial charge >= 0.3 is 0 Å². The smallest absolute Gasteiger partial charge is 0.262 e. The Kier molecular flexibility index (Phi) is 7.16. The summed E-state index contributed by atoms with van der Waals surface area (Å²) < 4.78 is 7.45. The molecule has 168 valence electrons. The molecular weight excluding hydrogens is 456 g/mol. The standard InChI is InChI=1S/C26H23ClN2O3S/c1-3-32-24-12-9-19(17(2)30)13-20(24)16-33-26-28-23-14-21(27)10-11-22(23)25(31)29(26)15-18-7-5-4-6-8-18/h4-14H,3,15-16H2,1-2H3. The third kappa shape index (κ3) is 5.29. The Morgan fingerprint density at radius 2 is 1.88 bits per heavy atom. The molecule has 0 fully saturated rings. The van der Waals surface area contributed by atoms with Crippen LogP contribution in [0.4, 0.5) is 0 Å². The summed E-state index contributed by atoms with van der Waals surface area (Å²) in [6.45, 7) is 4.38. The molecule has 7 heteroatoms. The molecule has 0 aliphatic heterocycles. The fourth-order valence-corrected chi connectivity index (χ4v) is 4.68. The van der Waals surface area contributed by atoms with Crippen LogP contribution >= 0.6 is 23.4 Å². The van der Waals surface area contributed by atoms with E-state index >= 15 is 0 Å². The lowest BCUT2D eigenvalue weighted by Crippen LogP contribution is -2.24. The van der Waals surface area contributed by atoms with E-state index < -0.39 is 0 Å². The third-order valence-corrected chi connectivity index (χ3v) is 6.45. The van der Waals surface area contributed by atoms with Gasteiger partial charge in [0.15, 0.2) is 10.9 Å². The summed E-state index contributed by atoms with van der Waals surface area (Å²) in [4.78, 5) is 30.1. The number of carbonyl (C=O) groups excluding carboxylic acids is 1. The van der Waals surface area contributed by atoms with Crippen molar-refractivity contribution in [3.05, 3.63) is 98.8 Å². The van der Waals surface area contributed by atoms with Gasteiger partial charge < -0.3 is 4.74 Å². The minimum atomic E-state index is -0.120. The van der Waals surface area contributed by atoms with Crippen LogP contribution in [0.25, 0.3) is 10.9 Å². The second-order valence-electron chi connectivity index (χ2n) is 7.53. The highest BCUT2D eigenvalue weighted by Gasteiger charge is 2.15. The molecule has 3 aromatic carbocycles. The second kappa shape index (κ2) is 10.2. The lowest BCUT2D eigenvalue weighted by Gasteiger charge is -2.15. The summed E-state index contributed by atoms with van der Waals surface area (Å²) in [6, 6.07) is 20.4. The number of Topliss-reactive ketones (excluding diaryl/α,β-unsaturated/α-hetero) is 1. The lowest BCUT2D eigenvalue weighted by atomic mass is 10.1. The zero-order chi connectivity index (χ0) is 23.4. The van der Waals surface area contributed by atoms with Crippen LogP contribution in [-0.2, 0) is 12.3 Å². The predicted octanol–water partition coefficient (Wildman–Crippen LogP) is 5.99. The first kappa shape index (κ1) is 23.1. The van der Waals surface area contributed by atoms with Gasteiger partial charge in [0.2, 0.25) is 0 Å². The first-order valence-electron chi connectivity index (χ1n) is 10.6. The summed E-state index contributed by atoms with van der Waals surface area (Å²) >= 11 is 7.60. The molecule has 0 saturated carbocycles. The molecule has 0 saturated heterocycles. The number of rotatable bonds is 8. The fraction of sp³-hybridized carbons (Fsp3) is 0.192. The van der Waals surface area contributed by atoms with Crippen molar-refractivity contribution < 1.29 is 9.53 Å². The number of benzene rings is 3. The topological polar surface area (TPSA) is 61.2 Å². The van der Waals surface area contributed by atoms with Gasteiger partial charge in [-0.05, 0) is 55.8 Å². The minimum Gasteiger partial charge on any atom is -0.494 e. The van der Waals surface area contributed by atoms with Crippen molar-refractivity contribution in [3.63, 3.8) is 0 Å². The van der Waals surface area contributed by atoms with Gasteiger partial charge in [-0.15, -0.1) is 0 Å². The number of halogens is 1. The van der Waals surface area contributed by atoms with Crippen molar-refractivity contribution in [1.29, 1.82) is 0 Å². The van der Waals surface area contributed by atoms with E-state index in [2.05, 4.69) is 0 Å². The minimum absolute atomic E-state index is 0.0104. The number of thioether (sulfide) groups is 1. The highest BCUT2D eigenvalue weighted by molar-refractivity contribution is 7.98. The Bertz CT molecular complexity index is 1370. The van der Waals surface area contributed by atoms with Crippen molar-refractivity contribution in [2.45, 2.75) is 31.3 Å². The summed E-state index contributed by atoms with van der Waals surface area (Å²) in [5, 5.41) is 1.63. The number of ketones is 1. The zero-order valence-corrected chi connectivity index (χ0v) is 19.9. The van der Waals surface area contributed by atoms with E-state index in [1.165, 1.54) is 11.8 Å². The normalized spacial score (nSPS) is 11.0. The van der Waals surface area contributed by atoms with Crippen LogP contribution in [0, 0.1) is 0 Å². The van der Waals surface area contributed by atoms with E-state index in [1.54, 1.807) is 35.8 Å². The van der Waals surface area contributed by atoms with Crippen LogP contribution in [0.2, 0.25) is 5.02 Å². The van der Waals surface area contributed by atoms with Crippen LogP contribution in [0.3, 0.4) is 0 Å². The summed E-state index contributed by atoms with van der Waals surface area (Å²) in [5.74, 6) is 1.20. The van der Waals surface area contributed by atoms with Gasteiger partial charge in [0.25, 0.3) is 5.56 Å². The molecule has 0 aliphatic rings. The number of aromatic nitrogens is 2. The van der Waals surface area contributed by atoms with Crippen molar-refractivity contribution >= 4 is 40.0 Å². The molecule has 4 rings (SSSR count). The van der Waals surface area contributed by atoms with Crippen LogP contribution in [0.5, 0.6) is 5.75 Å². The number of hydrogen-bond donors (Lipinski definition) is 0. The Morgan fingerprint density at radius 1 is 1.09 bits per heavy atom. The van der Waals surface area contributed by atoms with Crippen molar-refractivity contribution in [1.82, 2.24) is 9.55 Å². The highest BCUT2D eigenvalue weighted by Crippen LogP contribution is 2.29. The first-order valence-corrected chi connectivity index (χ1v) is 12.0. The number of fused-ring (bicyclic) bond motifs is 1. The van der Waals surface area contributed by atoms with E-state index in [0.717, 1.165) is 16.9 Å². The van der Waals surface area contributed by atoms with Gasteiger partial charge in [0.05, 0.1) is 24.1 Å². The molecule has 0 radical (unpaired) electrons. The molecule has 0 unspecified atom stereocenters. The summed E-state index contributed by atoms with van der Waals surface area (Å²) in [5.41, 5.74) is 2.94. The van der Waals surface area contributed by atoms with Gasteiger partial charge in [0.1, 0.15) is 5.75 Å². The summed E-state index contributed by atoms with van der Waals surface area (Å²) in [7, 11) is 0. The molecule has 0 N–H and O–H groups in total.